The fraction of sp³-hybridized carbons (Fsp3) is 1.00. The van der Waals surface area contributed by atoms with Crippen LogP contribution in [0.15, 0.2) is 0 Å². The van der Waals surface area contributed by atoms with Crippen molar-refractivity contribution in [2.45, 2.75) is 46.2 Å². The minimum Gasteiger partial charge on any atom is -0.378 e. The van der Waals surface area contributed by atoms with E-state index < -0.39 is 0 Å². The Balaban J connectivity index is 2.67. The molecule has 0 bridgehead atoms. The van der Waals surface area contributed by atoms with Gasteiger partial charge in [0.1, 0.15) is 0 Å². The molecule has 0 saturated carbocycles. The molecule has 96 valence electrons. The van der Waals surface area contributed by atoms with Crippen LogP contribution in [0.4, 0.5) is 0 Å². The summed E-state index contributed by atoms with van der Waals surface area (Å²) in [5.41, 5.74) is 0.169. The molecule has 1 aliphatic rings. The van der Waals surface area contributed by atoms with E-state index in [9.17, 15) is 0 Å². The molecule has 1 rings (SSSR count). The van der Waals surface area contributed by atoms with Gasteiger partial charge in [0.05, 0.1) is 13.2 Å². The van der Waals surface area contributed by atoms with Crippen molar-refractivity contribution in [1.29, 1.82) is 0 Å². The summed E-state index contributed by atoms with van der Waals surface area (Å²) in [6, 6.07) is 0.610. The van der Waals surface area contributed by atoms with E-state index in [1.807, 2.05) is 0 Å². The Morgan fingerprint density at radius 1 is 1.38 bits per heavy atom. The molecular formula is C13H28N2O. The summed E-state index contributed by atoms with van der Waals surface area (Å²) >= 11 is 0. The van der Waals surface area contributed by atoms with Crippen LogP contribution in [0.1, 0.15) is 34.6 Å². The quantitative estimate of drug-likeness (QED) is 0.775. The highest BCUT2D eigenvalue weighted by Crippen LogP contribution is 2.24. The monoisotopic (exact) mass is 228 g/mol. The smallest absolute Gasteiger partial charge is 0.0645 e. The Labute approximate surface area is 101 Å². The molecule has 0 amide bonds. The molecule has 0 radical (unpaired) electrons. The van der Waals surface area contributed by atoms with E-state index >= 15 is 0 Å². The van der Waals surface area contributed by atoms with Crippen molar-refractivity contribution >= 4 is 0 Å². The summed E-state index contributed by atoms with van der Waals surface area (Å²) in [7, 11) is 0. The average Bonchev–Trinajstić information content (AvgIpc) is 2.20. The van der Waals surface area contributed by atoms with Crippen LogP contribution in [0.2, 0.25) is 0 Å². The molecule has 1 heterocycles. The molecule has 3 heteroatoms. The van der Waals surface area contributed by atoms with Gasteiger partial charge in [-0.2, -0.15) is 0 Å². The van der Waals surface area contributed by atoms with Crippen LogP contribution >= 0.6 is 0 Å². The molecule has 0 aliphatic carbocycles. The lowest BCUT2D eigenvalue weighted by atomic mass is 9.94. The van der Waals surface area contributed by atoms with Gasteiger partial charge in [-0.1, -0.05) is 20.8 Å². The maximum Gasteiger partial charge on any atom is 0.0645 e. The molecule has 16 heavy (non-hydrogen) atoms. The summed E-state index contributed by atoms with van der Waals surface area (Å²) < 4.78 is 5.59. The highest BCUT2D eigenvalue weighted by atomic mass is 16.5. The average molecular weight is 228 g/mol. The van der Waals surface area contributed by atoms with Crippen molar-refractivity contribution in [3.63, 3.8) is 0 Å². The maximum atomic E-state index is 5.59. The predicted molar refractivity (Wildman–Crippen MR) is 68.8 cm³/mol. The largest absolute Gasteiger partial charge is 0.378 e. The van der Waals surface area contributed by atoms with E-state index in [0.29, 0.717) is 12.0 Å². The molecule has 3 nitrogen and oxygen atoms in total. The van der Waals surface area contributed by atoms with Gasteiger partial charge < -0.3 is 10.1 Å². The highest BCUT2D eigenvalue weighted by molar-refractivity contribution is 4.91. The SMILES string of the molecule is CCNCC(C(C)C)N1CCOCC1(C)C. The second kappa shape index (κ2) is 5.99. The Hall–Kier alpha value is -0.120. The van der Waals surface area contributed by atoms with E-state index in [2.05, 4.69) is 44.8 Å². The van der Waals surface area contributed by atoms with E-state index in [0.717, 1.165) is 32.8 Å². The number of morpholine rings is 1. The number of nitrogens with one attached hydrogen (secondary N) is 1. The zero-order chi connectivity index (χ0) is 12.2. The predicted octanol–water partition coefficient (Wildman–Crippen LogP) is 1.73. The first-order valence-electron chi connectivity index (χ1n) is 6.54. The fourth-order valence-corrected chi connectivity index (χ4v) is 2.48. The van der Waals surface area contributed by atoms with Crippen LogP contribution in [0.3, 0.4) is 0 Å². The maximum absolute atomic E-state index is 5.59. The molecule has 1 saturated heterocycles. The van der Waals surface area contributed by atoms with E-state index in [1.165, 1.54) is 0 Å². The van der Waals surface area contributed by atoms with Gasteiger partial charge in [0.25, 0.3) is 0 Å². The van der Waals surface area contributed by atoms with Crippen molar-refractivity contribution in [1.82, 2.24) is 10.2 Å². The zero-order valence-electron chi connectivity index (χ0n) is 11.5. The number of hydrogen-bond donors (Lipinski definition) is 1. The number of ether oxygens (including phenoxy) is 1. The van der Waals surface area contributed by atoms with Crippen molar-refractivity contribution in [3.05, 3.63) is 0 Å². The van der Waals surface area contributed by atoms with E-state index in [4.69, 9.17) is 4.74 Å². The van der Waals surface area contributed by atoms with Crippen LogP contribution in [-0.4, -0.2) is 49.3 Å². The van der Waals surface area contributed by atoms with Crippen molar-refractivity contribution in [2.24, 2.45) is 5.92 Å². The van der Waals surface area contributed by atoms with Gasteiger partial charge in [-0.3, -0.25) is 4.90 Å². The van der Waals surface area contributed by atoms with E-state index in [-0.39, 0.29) is 5.54 Å². The third kappa shape index (κ3) is 3.44. The molecule has 0 spiro atoms. The second-order valence-corrected chi connectivity index (χ2v) is 5.68. The van der Waals surface area contributed by atoms with Crippen molar-refractivity contribution < 1.29 is 4.74 Å². The molecule has 0 aromatic carbocycles. The first-order valence-corrected chi connectivity index (χ1v) is 6.54. The first kappa shape index (κ1) is 13.9. The lowest BCUT2D eigenvalue weighted by molar-refractivity contribution is -0.0797. The number of nitrogens with zero attached hydrogens (tertiary/aromatic N) is 1. The Kier molecular flexibility index (Phi) is 5.22. The van der Waals surface area contributed by atoms with Gasteiger partial charge in [0.15, 0.2) is 0 Å². The Morgan fingerprint density at radius 3 is 2.56 bits per heavy atom. The molecule has 0 aromatic rings. The number of hydrogen-bond acceptors (Lipinski definition) is 3. The summed E-state index contributed by atoms with van der Waals surface area (Å²) in [5, 5.41) is 3.48. The lowest BCUT2D eigenvalue weighted by Gasteiger charge is -2.48. The number of rotatable bonds is 5. The van der Waals surface area contributed by atoms with Crippen LogP contribution in [-0.2, 0) is 4.74 Å². The van der Waals surface area contributed by atoms with Crippen molar-refractivity contribution in [2.75, 3.05) is 32.8 Å². The second-order valence-electron chi connectivity index (χ2n) is 5.68. The topological polar surface area (TPSA) is 24.5 Å². The molecule has 1 N–H and O–H groups in total. The Bertz CT molecular complexity index is 204. The van der Waals surface area contributed by atoms with Crippen LogP contribution < -0.4 is 5.32 Å². The van der Waals surface area contributed by atoms with Gasteiger partial charge in [-0.15, -0.1) is 0 Å². The van der Waals surface area contributed by atoms with Crippen molar-refractivity contribution in [3.8, 4) is 0 Å². The molecule has 1 unspecified atom stereocenters. The normalized spacial score (nSPS) is 23.6. The minimum absolute atomic E-state index is 0.169. The molecule has 1 atom stereocenters. The summed E-state index contributed by atoms with van der Waals surface area (Å²) in [6.07, 6.45) is 0. The molecule has 1 fully saturated rings. The third-order valence-electron chi connectivity index (χ3n) is 3.48. The molecule has 1 aliphatic heterocycles. The highest BCUT2D eigenvalue weighted by Gasteiger charge is 2.36. The Morgan fingerprint density at radius 2 is 2.06 bits per heavy atom. The minimum atomic E-state index is 0.169. The summed E-state index contributed by atoms with van der Waals surface area (Å²) in [6.45, 7) is 16.3. The van der Waals surface area contributed by atoms with Crippen LogP contribution in [0, 0.1) is 5.92 Å². The number of likely N-dealkylation sites (N-methyl/N-ethyl adjacent to an activating group) is 1. The summed E-state index contributed by atoms with van der Waals surface area (Å²) in [4.78, 5) is 2.61. The first-order chi connectivity index (χ1) is 7.49. The standard InChI is InChI=1S/C13H28N2O/c1-6-14-9-12(11(2)3)15-7-8-16-10-13(15,4)5/h11-12,14H,6-10H2,1-5H3. The van der Waals surface area contributed by atoms with Gasteiger partial charge in [-0.05, 0) is 26.3 Å². The van der Waals surface area contributed by atoms with Crippen LogP contribution in [0.5, 0.6) is 0 Å². The zero-order valence-corrected chi connectivity index (χ0v) is 11.5. The van der Waals surface area contributed by atoms with Crippen LogP contribution in [0.25, 0.3) is 0 Å². The molecule has 0 aromatic heterocycles. The fourth-order valence-electron chi connectivity index (χ4n) is 2.48. The third-order valence-corrected chi connectivity index (χ3v) is 3.48. The van der Waals surface area contributed by atoms with Gasteiger partial charge in [0.2, 0.25) is 0 Å². The lowest BCUT2D eigenvalue weighted by Crippen LogP contribution is -2.60. The van der Waals surface area contributed by atoms with E-state index in [1.54, 1.807) is 0 Å². The van der Waals surface area contributed by atoms with Gasteiger partial charge >= 0.3 is 0 Å². The molecular weight excluding hydrogens is 200 g/mol. The van der Waals surface area contributed by atoms with Gasteiger partial charge in [-0.25, -0.2) is 0 Å². The summed E-state index contributed by atoms with van der Waals surface area (Å²) in [5.74, 6) is 0.677. The van der Waals surface area contributed by atoms with Gasteiger partial charge in [0, 0.05) is 24.7 Å².